The molecule has 0 aromatic carbocycles. The quantitative estimate of drug-likeness (QED) is 0.708. The summed E-state index contributed by atoms with van der Waals surface area (Å²) in [5.74, 6) is 0.532. The maximum Gasteiger partial charge on any atom is 0.409 e. The topological polar surface area (TPSA) is 41.6 Å². The van der Waals surface area contributed by atoms with Gasteiger partial charge in [0, 0.05) is 19.1 Å². The molecule has 2 saturated heterocycles. The fourth-order valence-corrected chi connectivity index (χ4v) is 2.76. The molecule has 2 fully saturated rings. The highest BCUT2D eigenvalue weighted by Gasteiger charge is 2.34. The lowest BCUT2D eigenvalue weighted by molar-refractivity contribution is 0.0782. The predicted octanol–water partition coefficient (Wildman–Crippen LogP) is 1.54. The van der Waals surface area contributed by atoms with Crippen molar-refractivity contribution in [3.8, 4) is 0 Å². The Balaban J connectivity index is 1.90. The molecule has 90 valence electrons. The molecule has 2 aliphatic heterocycles. The summed E-state index contributed by atoms with van der Waals surface area (Å²) in [6, 6.07) is 0.465. The van der Waals surface area contributed by atoms with Gasteiger partial charge in [-0.25, -0.2) is 4.79 Å². The molecule has 1 N–H and O–H groups in total. The van der Waals surface area contributed by atoms with Crippen LogP contribution < -0.4 is 5.32 Å². The predicted molar refractivity (Wildman–Crippen MR) is 65.5 cm³/mol. The molecular formula is C11H18N2O2S. The van der Waals surface area contributed by atoms with Crippen molar-refractivity contribution in [2.45, 2.75) is 32.2 Å². The summed E-state index contributed by atoms with van der Waals surface area (Å²) >= 11 is 5.18. The smallest absolute Gasteiger partial charge is 0.409 e. The minimum absolute atomic E-state index is 0.172. The average Bonchev–Trinajstić information content (AvgIpc) is 2.28. The van der Waals surface area contributed by atoms with Crippen LogP contribution in [0.1, 0.15) is 26.2 Å². The third-order valence-corrected chi connectivity index (χ3v) is 3.67. The average molecular weight is 242 g/mol. The third-order valence-electron chi connectivity index (χ3n) is 3.35. The van der Waals surface area contributed by atoms with Gasteiger partial charge in [-0.3, -0.25) is 0 Å². The van der Waals surface area contributed by atoms with Gasteiger partial charge in [0.05, 0.1) is 11.6 Å². The highest BCUT2D eigenvalue weighted by Crippen LogP contribution is 2.25. The number of amides is 1. The first kappa shape index (κ1) is 11.6. The molecule has 2 rings (SSSR count). The lowest BCUT2D eigenvalue weighted by Crippen LogP contribution is -2.54. The van der Waals surface area contributed by atoms with Crippen LogP contribution in [0.3, 0.4) is 0 Å². The fourth-order valence-electron chi connectivity index (χ4n) is 2.49. The van der Waals surface area contributed by atoms with Crippen molar-refractivity contribution >= 4 is 23.3 Å². The molecule has 2 unspecified atom stereocenters. The zero-order chi connectivity index (χ0) is 11.5. The van der Waals surface area contributed by atoms with Crippen LogP contribution >= 0.6 is 12.2 Å². The number of ether oxygens (including phenoxy) is 1. The Morgan fingerprint density at radius 2 is 2.44 bits per heavy atom. The van der Waals surface area contributed by atoms with Crippen LogP contribution in [0.4, 0.5) is 4.79 Å². The van der Waals surface area contributed by atoms with Crippen LogP contribution in [0.5, 0.6) is 0 Å². The first-order valence-electron chi connectivity index (χ1n) is 5.91. The molecule has 2 atom stereocenters. The van der Waals surface area contributed by atoms with E-state index in [9.17, 15) is 4.79 Å². The van der Waals surface area contributed by atoms with E-state index < -0.39 is 0 Å². The molecule has 16 heavy (non-hydrogen) atoms. The Labute approximate surface area is 101 Å². The highest BCUT2D eigenvalue weighted by atomic mass is 32.1. The van der Waals surface area contributed by atoms with Crippen LogP contribution in [-0.2, 0) is 4.74 Å². The molecule has 4 nitrogen and oxygen atoms in total. The molecular weight excluding hydrogens is 224 g/mol. The summed E-state index contributed by atoms with van der Waals surface area (Å²) in [5.41, 5.74) is 0. The Hall–Kier alpha value is -0.840. The summed E-state index contributed by atoms with van der Waals surface area (Å²) < 4.78 is 5.02. The lowest BCUT2D eigenvalue weighted by Gasteiger charge is -2.41. The van der Waals surface area contributed by atoms with Gasteiger partial charge in [-0.1, -0.05) is 12.2 Å². The van der Waals surface area contributed by atoms with Crippen molar-refractivity contribution in [1.82, 2.24) is 10.2 Å². The van der Waals surface area contributed by atoms with Crippen LogP contribution in [0.25, 0.3) is 0 Å². The van der Waals surface area contributed by atoms with Gasteiger partial charge >= 0.3 is 6.09 Å². The number of carbonyl (C=O) groups is 1. The van der Waals surface area contributed by atoms with E-state index in [-0.39, 0.29) is 6.09 Å². The number of thiocarbonyl (C=S) groups is 1. The first-order chi connectivity index (χ1) is 7.70. The maximum absolute atomic E-state index is 11.6. The third kappa shape index (κ3) is 2.45. The van der Waals surface area contributed by atoms with Crippen molar-refractivity contribution in [3.05, 3.63) is 0 Å². The van der Waals surface area contributed by atoms with E-state index in [0.29, 0.717) is 18.6 Å². The van der Waals surface area contributed by atoms with Crippen molar-refractivity contribution in [3.63, 3.8) is 0 Å². The summed E-state index contributed by atoms with van der Waals surface area (Å²) in [6.07, 6.45) is 2.84. The van der Waals surface area contributed by atoms with Gasteiger partial charge in [0.2, 0.25) is 0 Å². The number of hydrogen-bond donors (Lipinski definition) is 1. The zero-order valence-corrected chi connectivity index (χ0v) is 10.4. The van der Waals surface area contributed by atoms with Crippen molar-refractivity contribution < 1.29 is 9.53 Å². The van der Waals surface area contributed by atoms with E-state index in [1.165, 1.54) is 0 Å². The van der Waals surface area contributed by atoms with Gasteiger partial charge in [0.25, 0.3) is 0 Å². The molecule has 0 aromatic heterocycles. The van der Waals surface area contributed by atoms with Crippen LogP contribution in [0.15, 0.2) is 0 Å². The summed E-state index contributed by atoms with van der Waals surface area (Å²) in [5, 5.41) is 3.36. The van der Waals surface area contributed by atoms with Gasteiger partial charge < -0.3 is 15.0 Å². The van der Waals surface area contributed by atoms with E-state index in [2.05, 4.69) is 5.32 Å². The lowest BCUT2D eigenvalue weighted by atomic mass is 9.85. The largest absolute Gasteiger partial charge is 0.450 e. The molecule has 0 saturated carbocycles. The zero-order valence-electron chi connectivity index (χ0n) is 9.57. The molecule has 5 heteroatoms. The van der Waals surface area contributed by atoms with E-state index in [1.807, 2.05) is 11.8 Å². The summed E-state index contributed by atoms with van der Waals surface area (Å²) in [6.45, 7) is 3.87. The van der Waals surface area contributed by atoms with Crippen LogP contribution in [-0.4, -0.2) is 41.7 Å². The Bertz CT molecular complexity index is 296. The molecule has 0 bridgehead atoms. The van der Waals surface area contributed by atoms with Gasteiger partial charge in [-0.15, -0.1) is 0 Å². The fraction of sp³-hybridized carbons (Fsp3) is 0.818. The number of rotatable bonds is 1. The van der Waals surface area contributed by atoms with Crippen molar-refractivity contribution in [2.24, 2.45) is 5.92 Å². The molecule has 0 spiro atoms. The molecule has 0 aromatic rings. The van der Waals surface area contributed by atoms with E-state index in [4.69, 9.17) is 17.0 Å². The van der Waals surface area contributed by atoms with Gasteiger partial charge in [0.15, 0.2) is 0 Å². The first-order valence-corrected chi connectivity index (χ1v) is 6.32. The molecule has 2 heterocycles. The van der Waals surface area contributed by atoms with Gasteiger partial charge in [-0.05, 0) is 32.1 Å². The number of likely N-dealkylation sites (tertiary alicyclic amines) is 1. The second-order valence-corrected chi connectivity index (χ2v) is 4.90. The van der Waals surface area contributed by atoms with Crippen molar-refractivity contribution in [1.29, 1.82) is 0 Å². The minimum atomic E-state index is -0.172. The van der Waals surface area contributed by atoms with Crippen LogP contribution in [0.2, 0.25) is 0 Å². The second kappa shape index (κ2) is 4.99. The molecule has 0 aliphatic carbocycles. The van der Waals surface area contributed by atoms with E-state index >= 15 is 0 Å². The highest BCUT2D eigenvalue weighted by molar-refractivity contribution is 7.80. The van der Waals surface area contributed by atoms with Gasteiger partial charge in [-0.2, -0.15) is 0 Å². The van der Waals surface area contributed by atoms with Gasteiger partial charge in [0.1, 0.15) is 0 Å². The Kier molecular flexibility index (Phi) is 3.63. The van der Waals surface area contributed by atoms with E-state index in [0.717, 1.165) is 37.3 Å². The standard InChI is InChI=1S/C11H18N2O2S/c1-2-15-11(14)13-6-5-9-8(7-13)3-4-10(16)12-9/h8-9H,2-7H2,1H3,(H,12,16). The molecule has 1 amide bonds. The molecule has 0 radical (unpaired) electrons. The Morgan fingerprint density at radius 3 is 3.19 bits per heavy atom. The summed E-state index contributed by atoms with van der Waals surface area (Å²) in [4.78, 5) is 14.4. The van der Waals surface area contributed by atoms with Crippen LogP contribution in [0, 0.1) is 5.92 Å². The van der Waals surface area contributed by atoms with E-state index in [1.54, 1.807) is 0 Å². The number of piperidine rings is 2. The minimum Gasteiger partial charge on any atom is -0.450 e. The number of hydrogen-bond acceptors (Lipinski definition) is 3. The number of nitrogens with one attached hydrogen (secondary N) is 1. The molecule has 2 aliphatic rings. The normalized spacial score (nSPS) is 29.3. The number of carbonyl (C=O) groups excluding carboxylic acids is 1. The number of nitrogens with zero attached hydrogens (tertiary/aromatic N) is 1. The van der Waals surface area contributed by atoms with Crippen molar-refractivity contribution in [2.75, 3.05) is 19.7 Å². The SMILES string of the molecule is CCOC(=O)N1CCC2NC(=S)CCC2C1. The number of fused-ring (bicyclic) bond motifs is 1. The monoisotopic (exact) mass is 242 g/mol. The second-order valence-electron chi connectivity index (χ2n) is 4.41. The maximum atomic E-state index is 11.6. The summed E-state index contributed by atoms with van der Waals surface area (Å²) in [7, 11) is 0. The Morgan fingerprint density at radius 1 is 1.62 bits per heavy atom.